The maximum Gasteiger partial charge on any atom is 0.220 e. The van der Waals surface area contributed by atoms with E-state index in [0.29, 0.717) is 26.2 Å². The molecule has 3 N–H and O–H groups in total. The highest BCUT2D eigenvalue weighted by Gasteiger charge is 2.27. The quantitative estimate of drug-likeness (QED) is 0.822. The molecule has 3 atom stereocenters. The van der Waals surface area contributed by atoms with Crippen LogP contribution in [0.3, 0.4) is 0 Å². The highest BCUT2D eigenvalue weighted by Crippen LogP contribution is 2.27. The number of nitrogens with one attached hydrogen (secondary N) is 1. The molecule has 1 saturated carbocycles. The summed E-state index contributed by atoms with van der Waals surface area (Å²) in [5.41, 5.74) is 6.95. The molecule has 1 aromatic carbocycles. The highest BCUT2D eigenvalue weighted by atomic mass is 19.1. The molecule has 2 fully saturated rings. The van der Waals surface area contributed by atoms with Crippen molar-refractivity contribution in [2.45, 2.75) is 37.8 Å². The molecule has 1 aromatic rings. The summed E-state index contributed by atoms with van der Waals surface area (Å²) in [7, 11) is 0. The Labute approximate surface area is 148 Å². The third-order valence-electron chi connectivity index (χ3n) is 5.38. The van der Waals surface area contributed by atoms with Crippen LogP contribution in [-0.2, 0) is 9.53 Å². The van der Waals surface area contributed by atoms with Crippen LogP contribution in [0.25, 0.3) is 0 Å². The second-order valence-electron chi connectivity index (χ2n) is 7.08. The van der Waals surface area contributed by atoms with Crippen molar-refractivity contribution in [1.29, 1.82) is 0 Å². The van der Waals surface area contributed by atoms with E-state index in [1.165, 1.54) is 6.07 Å². The van der Waals surface area contributed by atoms with Crippen LogP contribution in [-0.4, -0.2) is 49.7 Å². The Hall–Kier alpha value is -1.50. The minimum absolute atomic E-state index is 0.0389. The van der Waals surface area contributed by atoms with E-state index < -0.39 is 0 Å². The summed E-state index contributed by atoms with van der Waals surface area (Å²) in [5, 5.41) is 3.05. The van der Waals surface area contributed by atoms with Crippen molar-refractivity contribution in [3.05, 3.63) is 35.6 Å². The van der Waals surface area contributed by atoms with Gasteiger partial charge in [-0.05, 0) is 36.5 Å². The Kier molecular flexibility index (Phi) is 6.39. The van der Waals surface area contributed by atoms with Gasteiger partial charge in [-0.15, -0.1) is 0 Å². The summed E-state index contributed by atoms with van der Waals surface area (Å²) < 4.78 is 19.1. The fourth-order valence-electron chi connectivity index (χ4n) is 3.90. The lowest BCUT2D eigenvalue weighted by Gasteiger charge is -2.35. The lowest BCUT2D eigenvalue weighted by atomic mass is 9.99. The van der Waals surface area contributed by atoms with E-state index in [0.717, 1.165) is 37.9 Å². The van der Waals surface area contributed by atoms with Crippen molar-refractivity contribution >= 4 is 5.91 Å². The Morgan fingerprint density at radius 3 is 2.84 bits per heavy atom. The number of nitrogens with zero attached hydrogens (tertiary/aromatic N) is 1. The first-order valence-electron chi connectivity index (χ1n) is 9.23. The summed E-state index contributed by atoms with van der Waals surface area (Å²) in [5.74, 6) is 0.0760. The van der Waals surface area contributed by atoms with Crippen molar-refractivity contribution in [2.24, 2.45) is 11.7 Å². The summed E-state index contributed by atoms with van der Waals surface area (Å²) in [6, 6.07) is 6.74. The normalized spacial score (nSPS) is 25.7. The first-order chi connectivity index (χ1) is 12.1. The van der Waals surface area contributed by atoms with Crippen LogP contribution in [0.2, 0.25) is 0 Å². The second-order valence-corrected chi connectivity index (χ2v) is 7.08. The third-order valence-corrected chi connectivity index (χ3v) is 5.38. The number of hydrogen-bond donors (Lipinski definition) is 2. The molecule has 3 rings (SSSR count). The monoisotopic (exact) mass is 349 g/mol. The van der Waals surface area contributed by atoms with E-state index in [1.54, 1.807) is 12.1 Å². The van der Waals surface area contributed by atoms with Gasteiger partial charge in [0.25, 0.3) is 0 Å². The van der Waals surface area contributed by atoms with Gasteiger partial charge in [0.1, 0.15) is 5.82 Å². The standard InChI is InChI=1S/C19H28FN3O2/c20-16-5-1-4-15(11-16)18(23-7-9-25-10-8-23)13-22-19(24)12-14-3-2-6-17(14)21/h1,4-5,11,14,17-18H,2-3,6-10,12-13,21H2,(H,22,24)/t14-,17+,18?/m0/s1. The molecule has 1 amide bonds. The summed E-state index contributed by atoms with van der Waals surface area (Å²) in [4.78, 5) is 14.6. The summed E-state index contributed by atoms with van der Waals surface area (Å²) in [6.45, 7) is 3.37. The number of carbonyl (C=O) groups excluding carboxylic acids is 1. The minimum Gasteiger partial charge on any atom is -0.379 e. The molecular weight excluding hydrogens is 321 g/mol. The molecule has 1 aliphatic carbocycles. The van der Waals surface area contributed by atoms with Gasteiger partial charge in [0.05, 0.1) is 19.3 Å². The van der Waals surface area contributed by atoms with Crippen LogP contribution in [0.15, 0.2) is 24.3 Å². The number of ether oxygens (including phenoxy) is 1. The molecule has 6 heteroatoms. The second kappa shape index (κ2) is 8.74. The molecule has 2 aliphatic rings. The number of benzene rings is 1. The number of carbonyl (C=O) groups is 1. The number of amides is 1. The zero-order valence-corrected chi connectivity index (χ0v) is 14.6. The topological polar surface area (TPSA) is 67.6 Å². The fraction of sp³-hybridized carbons (Fsp3) is 0.632. The van der Waals surface area contributed by atoms with Gasteiger partial charge in [0.2, 0.25) is 5.91 Å². The fourth-order valence-corrected chi connectivity index (χ4v) is 3.90. The van der Waals surface area contributed by atoms with Gasteiger partial charge in [-0.1, -0.05) is 18.6 Å². The van der Waals surface area contributed by atoms with Crippen LogP contribution in [0.5, 0.6) is 0 Å². The number of hydrogen-bond acceptors (Lipinski definition) is 4. The van der Waals surface area contributed by atoms with Gasteiger partial charge in [0.15, 0.2) is 0 Å². The van der Waals surface area contributed by atoms with Gasteiger partial charge < -0.3 is 15.8 Å². The van der Waals surface area contributed by atoms with Gasteiger partial charge in [-0.25, -0.2) is 4.39 Å². The van der Waals surface area contributed by atoms with Crippen LogP contribution in [0.1, 0.15) is 37.3 Å². The molecular formula is C19H28FN3O2. The zero-order chi connectivity index (χ0) is 17.6. The van der Waals surface area contributed by atoms with Gasteiger partial charge >= 0.3 is 0 Å². The van der Waals surface area contributed by atoms with Crippen LogP contribution in [0, 0.1) is 11.7 Å². The lowest BCUT2D eigenvalue weighted by Crippen LogP contribution is -2.44. The largest absolute Gasteiger partial charge is 0.379 e. The highest BCUT2D eigenvalue weighted by molar-refractivity contribution is 5.76. The molecule has 1 aliphatic heterocycles. The van der Waals surface area contributed by atoms with Gasteiger partial charge in [-0.3, -0.25) is 9.69 Å². The SMILES string of the molecule is N[C@@H]1CCC[C@H]1CC(=O)NCC(c1cccc(F)c1)N1CCOCC1. The third kappa shape index (κ3) is 5.00. The first kappa shape index (κ1) is 18.3. The first-order valence-corrected chi connectivity index (χ1v) is 9.23. The maximum absolute atomic E-state index is 13.7. The average Bonchev–Trinajstić information content (AvgIpc) is 3.01. The van der Waals surface area contributed by atoms with Crippen LogP contribution >= 0.6 is 0 Å². The zero-order valence-electron chi connectivity index (χ0n) is 14.6. The van der Waals surface area contributed by atoms with Crippen molar-refractivity contribution in [1.82, 2.24) is 10.2 Å². The number of halogens is 1. The van der Waals surface area contributed by atoms with E-state index in [2.05, 4.69) is 10.2 Å². The van der Waals surface area contributed by atoms with E-state index in [-0.39, 0.29) is 29.7 Å². The molecule has 1 saturated heterocycles. The molecule has 0 radical (unpaired) electrons. The smallest absolute Gasteiger partial charge is 0.220 e. The maximum atomic E-state index is 13.7. The van der Waals surface area contributed by atoms with Crippen molar-refractivity contribution in [2.75, 3.05) is 32.8 Å². The van der Waals surface area contributed by atoms with Crippen molar-refractivity contribution < 1.29 is 13.9 Å². The minimum atomic E-state index is -0.251. The molecule has 138 valence electrons. The Morgan fingerprint density at radius 1 is 1.36 bits per heavy atom. The molecule has 0 bridgehead atoms. The molecule has 1 unspecified atom stereocenters. The Bertz CT molecular complexity index is 578. The molecule has 0 spiro atoms. The molecule has 0 aromatic heterocycles. The predicted octanol–water partition coefficient (Wildman–Crippen LogP) is 1.83. The Morgan fingerprint density at radius 2 is 2.16 bits per heavy atom. The van der Waals surface area contributed by atoms with Crippen LogP contribution in [0.4, 0.5) is 4.39 Å². The van der Waals surface area contributed by atoms with E-state index >= 15 is 0 Å². The van der Waals surface area contributed by atoms with E-state index in [4.69, 9.17) is 10.5 Å². The molecule has 25 heavy (non-hydrogen) atoms. The van der Waals surface area contributed by atoms with Crippen molar-refractivity contribution in [3.8, 4) is 0 Å². The molecule has 5 nitrogen and oxygen atoms in total. The summed E-state index contributed by atoms with van der Waals surface area (Å²) in [6.07, 6.45) is 3.64. The van der Waals surface area contributed by atoms with Gasteiger partial charge in [0, 0.05) is 32.1 Å². The van der Waals surface area contributed by atoms with E-state index in [1.807, 2.05) is 6.07 Å². The summed E-state index contributed by atoms with van der Waals surface area (Å²) >= 11 is 0. The molecule has 1 heterocycles. The Balaban J connectivity index is 1.62. The number of rotatable bonds is 6. The lowest BCUT2D eigenvalue weighted by molar-refractivity contribution is -0.122. The average molecular weight is 349 g/mol. The van der Waals surface area contributed by atoms with Crippen LogP contribution < -0.4 is 11.1 Å². The van der Waals surface area contributed by atoms with E-state index in [9.17, 15) is 9.18 Å². The predicted molar refractivity (Wildman–Crippen MR) is 94.5 cm³/mol. The van der Waals surface area contributed by atoms with Gasteiger partial charge in [-0.2, -0.15) is 0 Å². The number of morpholine rings is 1. The van der Waals surface area contributed by atoms with Crippen molar-refractivity contribution in [3.63, 3.8) is 0 Å². The number of nitrogens with two attached hydrogens (primary N) is 1.